The van der Waals surface area contributed by atoms with Crippen LogP contribution in [0, 0.1) is 5.92 Å². The third-order valence-corrected chi connectivity index (χ3v) is 5.10. The summed E-state index contributed by atoms with van der Waals surface area (Å²) in [6.45, 7) is 2.50. The third kappa shape index (κ3) is 3.92. The Hall–Kier alpha value is -2.96. The van der Waals surface area contributed by atoms with Gasteiger partial charge in [-0.15, -0.1) is 0 Å². The van der Waals surface area contributed by atoms with E-state index < -0.39 is 0 Å². The first-order valence-corrected chi connectivity index (χ1v) is 9.34. The molecule has 7 heteroatoms. The van der Waals surface area contributed by atoms with Crippen LogP contribution in [0.15, 0.2) is 41.5 Å². The fraction of sp³-hybridized carbons (Fsp3) is 0.400. The van der Waals surface area contributed by atoms with Crippen LogP contribution in [0.4, 0.5) is 0 Å². The summed E-state index contributed by atoms with van der Waals surface area (Å²) in [7, 11) is 0. The molecule has 0 atom stereocenters. The average Bonchev–Trinajstić information content (AvgIpc) is 3.54. The third-order valence-electron chi connectivity index (χ3n) is 5.10. The lowest BCUT2D eigenvalue weighted by Crippen LogP contribution is -2.38. The Morgan fingerprint density at radius 3 is 2.59 bits per heavy atom. The Morgan fingerprint density at radius 2 is 1.81 bits per heavy atom. The number of amides is 2. The van der Waals surface area contributed by atoms with Crippen molar-refractivity contribution in [3.63, 3.8) is 0 Å². The highest BCUT2D eigenvalue weighted by Gasteiger charge is 2.34. The Balaban J connectivity index is 1.48. The van der Waals surface area contributed by atoms with E-state index in [2.05, 4.69) is 9.97 Å². The van der Waals surface area contributed by atoms with Crippen LogP contribution < -0.4 is 5.56 Å². The lowest BCUT2D eigenvalue weighted by atomic mass is 10.1. The molecule has 2 aliphatic rings. The first-order valence-electron chi connectivity index (χ1n) is 9.34. The summed E-state index contributed by atoms with van der Waals surface area (Å²) in [6, 6.07) is 7.18. The van der Waals surface area contributed by atoms with Gasteiger partial charge < -0.3 is 14.8 Å². The van der Waals surface area contributed by atoms with Gasteiger partial charge in [0, 0.05) is 43.2 Å². The lowest BCUT2D eigenvalue weighted by Gasteiger charge is -2.22. The normalized spacial score (nSPS) is 17.5. The van der Waals surface area contributed by atoms with Crippen LogP contribution in [-0.2, 0) is 4.79 Å². The number of nitrogens with one attached hydrogen (secondary N) is 1. The lowest BCUT2D eigenvalue weighted by molar-refractivity contribution is -0.132. The summed E-state index contributed by atoms with van der Waals surface area (Å²) in [4.78, 5) is 47.1. The predicted octanol–water partition coefficient (Wildman–Crippen LogP) is 1.52. The molecule has 1 aromatic heterocycles. The number of aromatic nitrogens is 2. The van der Waals surface area contributed by atoms with E-state index in [0.29, 0.717) is 30.9 Å². The highest BCUT2D eigenvalue weighted by Crippen LogP contribution is 2.31. The smallest absolute Gasteiger partial charge is 0.266 e. The number of carbonyl (C=O) groups is 2. The van der Waals surface area contributed by atoms with Crippen LogP contribution in [0.2, 0.25) is 0 Å². The molecular formula is C20H22N4O3. The van der Waals surface area contributed by atoms with Crippen LogP contribution >= 0.6 is 0 Å². The standard InChI is InChI=1S/C20H22N4O3/c25-18-13-21-12-17(22-18)15-3-1-4-16(11-15)20(27)24-8-2-7-23(9-10-24)19(26)14-5-6-14/h1,3-4,11-14H,2,5-10H2,(H,22,25). The molecule has 4 rings (SSSR count). The molecule has 2 aromatic rings. The van der Waals surface area contributed by atoms with E-state index in [0.717, 1.165) is 31.4 Å². The number of aromatic amines is 1. The Labute approximate surface area is 157 Å². The fourth-order valence-corrected chi connectivity index (χ4v) is 3.46. The molecule has 1 aliphatic carbocycles. The van der Waals surface area contributed by atoms with Crippen molar-refractivity contribution in [2.45, 2.75) is 19.3 Å². The van der Waals surface area contributed by atoms with Gasteiger partial charge in [-0.05, 0) is 31.4 Å². The van der Waals surface area contributed by atoms with Gasteiger partial charge in [0.05, 0.1) is 18.1 Å². The van der Waals surface area contributed by atoms with Crippen molar-refractivity contribution < 1.29 is 9.59 Å². The number of nitrogens with zero attached hydrogens (tertiary/aromatic N) is 3. The summed E-state index contributed by atoms with van der Waals surface area (Å²) in [5, 5.41) is 0. The van der Waals surface area contributed by atoms with E-state index >= 15 is 0 Å². The Morgan fingerprint density at radius 1 is 1.04 bits per heavy atom. The molecule has 27 heavy (non-hydrogen) atoms. The van der Waals surface area contributed by atoms with Crippen molar-refractivity contribution in [2.24, 2.45) is 5.92 Å². The molecule has 1 saturated carbocycles. The van der Waals surface area contributed by atoms with Gasteiger partial charge in [0.15, 0.2) is 0 Å². The van der Waals surface area contributed by atoms with Crippen LogP contribution in [-0.4, -0.2) is 57.8 Å². The number of rotatable bonds is 3. The van der Waals surface area contributed by atoms with Crippen LogP contribution in [0.1, 0.15) is 29.6 Å². The maximum atomic E-state index is 13.0. The highest BCUT2D eigenvalue weighted by atomic mass is 16.2. The summed E-state index contributed by atoms with van der Waals surface area (Å²) < 4.78 is 0. The molecular weight excluding hydrogens is 344 g/mol. The molecule has 1 aliphatic heterocycles. The second-order valence-corrected chi connectivity index (χ2v) is 7.14. The van der Waals surface area contributed by atoms with E-state index in [1.54, 1.807) is 24.4 Å². The largest absolute Gasteiger partial charge is 0.341 e. The first-order chi connectivity index (χ1) is 13.1. The van der Waals surface area contributed by atoms with Crippen molar-refractivity contribution in [3.05, 3.63) is 52.6 Å². The quantitative estimate of drug-likeness (QED) is 0.892. The van der Waals surface area contributed by atoms with Crippen LogP contribution in [0.5, 0.6) is 0 Å². The molecule has 2 amide bonds. The number of hydrogen-bond donors (Lipinski definition) is 1. The zero-order chi connectivity index (χ0) is 18.8. The highest BCUT2D eigenvalue weighted by molar-refractivity contribution is 5.95. The van der Waals surface area contributed by atoms with Crippen molar-refractivity contribution in [2.75, 3.05) is 26.2 Å². The van der Waals surface area contributed by atoms with E-state index in [9.17, 15) is 14.4 Å². The number of H-pyrrole nitrogens is 1. The monoisotopic (exact) mass is 366 g/mol. The van der Waals surface area contributed by atoms with E-state index in [-0.39, 0.29) is 23.3 Å². The van der Waals surface area contributed by atoms with Crippen LogP contribution in [0.25, 0.3) is 11.3 Å². The topological polar surface area (TPSA) is 86.4 Å². The number of benzene rings is 1. The first kappa shape index (κ1) is 17.5. The second kappa shape index (κ2) is 7.34. The van der Waals surface area contributed by atoms with Crippen molar-refractivity contribution in [1.29, 1.82) is 0 Å². The van der Waals surface area contributed by atoms with Gasteiger partial charge in [-0.3, -0.25) is 19.4 Å². The van der Waals surface area contributed by atoms with Gasteiger partial charge in [-0.2, -0.15) is 0 Å². The van der Waals surface area contributed by atoms with E-state index in [1.165, 1.54) is 6.20 Å². The Bertz CT molecular complexity index is 919. The van der Waals surface area contributed by atoms with Gasteiger partial charge in [0.25, 0.3) is 11.5 Å². The SMILES string of the molecule is O=C(c1cccc(-c2cncc(=O)[nH]2)c1)N1CCCN(C(=O)C2CC2)CC1. The molecule has 1 aromatic carbocycles. The molecule has 1 saturated heterocycles. The maximum absolute atomic E-state index is 13.0. The molecule has 0 spiro atoms. The molecule has 2 heterocycles. The molecule has 7 nitrogen and oxygen atoms in total. The molecule has 140 valence electrons. The van der Waals surface area contributed by atoms with Gasteiger partial charge in [-0.1, -0.05) is 12.1 Å². The molecule has 2 fully saturated rings. The minimum absolute atomic E-state index is 0.0520. The summed E-state index contributed by atoms with van der Waals surface area (Å²) >= 11 is 0. The number of carbonyl (C=O) groups excluding carboxylic acids is 2. The predicted molar refractivity (Wildman–Crippen MR) is 100 cm³/mol. The van der Waals surface area contributed by atoms with Crippen molar-refractivity contribution in [1.82, 2.24) is 19.8 Å². The molecule has 1 N–H and O–H groups in total. The van der Waals surface area contributed by atoms with Crippen LogP contribution in [0.3, 0.4) is 0 Å². The van der Waals surface area contributed by atoms with Crippen molar-refractivity contribution in [3.8, 4) is 11.3 Å². The van der Waals surface area contributed by atoms with E-state index in [1.807, 2.05) is 15.9 Å². The summed E-state index contributed by atoms with van der Waals surface area (Å²) in [5.74, 6) is 0.404. The zero-order valence-corrected chi connectivity index (χ0v) is 15.1. The minimum atomic E-state index is -0.280. The van der Waals surface area contributed by atoms with Gasteiger partial charge in [0.1, 0.15) is 0 Å². The van der Waals surface area contributed by atoms with Gasteiger partial charge in [0.2, 0.25) is 5.91 Å². The fourth-order valence-electron chi connectivity index (χ4n) is 3.46. The van der Waals surface area contributed by atoms with E-state index in [4.69, 9.17) is 0 Å². The molecule has 0 unspecified atom stereocenters. The molecule has 0 radical (unpaired) electrons. The van der Waals surface area contributed by atoms with Crippen molar-refractivity contribution >= 4 is 11.8 Å². The summed E-state index contributed by atoms with van der Waals surface area (Å²) in [6.07, 6.45) is 5.57. The van der Waals surface area contributed by atoms with Gasteiger partial charge >= 0.3 is 0 Å². The maximum Gasteiger partial charge on any atom is 0.266 e. The minimum Gasteiger partial charge on any atom is -0.341 e. The van der Waals surface area contributed by atoms with Gasteiger partial charge in [-0.25, -0.2) is 0 Å². The number of hydrogen-bond acceptors (Lipinski definition) is 4. The second-order valence-electron chi connectivity index (χ2n) is 7.14. The summed E-state index contributed by atoms with van der Waals surface area (Å²) in [5.41, 5.74) is 1.61. The molecule has 0 bridgehead atoms. The zero-order valence-electron chi connectivity index (χ0n) is 15.1. The Kier molecular flexibility index (Phi) is 4.75. The average molecular weight is 366 g/mol.